The minimum Gasteiger partial charge on any atom is -0.392 e. The molecule has 1 rings (SSSR count). The summed E-state index contributed by atoms with van der Waals surface area (Å²) >= 11 is 6.35. The Bertz CT molecular complexity index is 401. The maximum absolute atomic E-state index is 11.8. The second kappa shape index (κ2) is 5.36. The first kappa shape index (κ1) is 13.1. The number of nitrogens with two attached hydrogens (primary N) is 1. The summed E-state index contributed by atoms with van der Waals surface area (Å²) in [6.45, 7) is 5.77. The Hall–Kier alpha value is -1.01. The number of thiocarbonyl (C=S) groups is 1. The molecule has 1 aromatic rings. The van der Waals surface area contributed by atoms with Crippen LogP contribution < -0.4 is 11.1 Å². The number of hydrogen-bond acceptors (Lipinski definition) is 4. The SMILES string of the molecule is Cc1nc(C(=O)NC(C(N)=S)C(C)C)cs1. The topological polar surface area (TPSA) is 68.0 Å². The molecule has 88 valence electrons. The molecule has 1 heterocycles. The summed E-state index contributed by atoms with van der Waals surface area (Å²) in [5, 5.41) is 5.37. The van der Waals surface area contributed by atoms with Gasteiger partial charge < -0.3 is 11.1 Å². The smallest absolute Gasteiger partial charge is 0.271 e. The van der Waals surface area contributed by atoms with E-state index in [1.807, 2.05) is 20.8 Å². The molecule has 0 bridgehead atoms. The van der Waals surface area contributed by atoms with Gasteiger partial charge in [0, 0.05) is 5.38 Å². The van der Waals surface area contributed by atoms with Gasteiger partial charge in [0.15, 0.2) is 0 Å². The molecule has 1 unspecified atom stereocenters. The Labute approximate surface area is 104 Å². The molecule has 1 atom stereocenters. The van der Waals surface area contributed by atoms with E-state index in [2.05, 4.69) is 10.3 Å². The van der Waals surface area contributed by atoms with Crippen molar-refractivity contribution in [1.29, 1.82) is 0 Å². The van der Waals surface area contributed by atoms with Crippen LogP contribution in [0.4, 0.5) is 0 Å². The third kappa shape index (κ3) is 3.24. The largest absolute Gasteiger partial charge is 0.392 e. The summed E-state index contributed by atoms with van der Waals surface area (Å²) in [7, 11) is 0. The van der Waals surface area contributed by atoms with Gasteiger partial charge >= 0.3 is 0 Å². The number of aromatic nitrogens is 1. The van der Waals surface area contributed by atoms with Crippen molar-refractivity contribution >= 4 is 34.5 Å². The molecule has 4 nitrogen and oxygen atoms in total. The number of hydrogen-bond donors (Lipinski definition) is 2. The van der Waals surface area contributed by atoms with Gasteiger partial charge in [-0.1, -0.05) is 26.1 Å². The Morgan fingerprint density at radius 2 is 2.25 bits per heavy atom. The standard InChI is InChI=1S/C10H15N3OS2/c1-5(2)8(9(11)15)13-10(14)7-4-16-6(3)12-7/h4-5,8H,1-3H3,(H2,11,15)(H,13,14). The number of carbonyl (C=O) groups is 1. The molecule has 1 aromatic heterocycles. The van der Waals surface area contributed by atoms with Crippen LogP contribution in [0.1, 0.15) is 29.3 Å². The molecule has 0 radical (unpaired) electrons. The second-order valence-corrected chi connectivity index (χ2v) is 5.38. The first-order valence-corrected chi connectivity index (χ1v) is 6.23. The molecule has 0 aliphatic carbocycles. The predicted octanol–water partition coefficient (Wildman–Crippen LogP) is 1.49. The average molecular weight is 257 g/mol. The molecule has 1 amide bonds. The molecule has 0 aliphatic heterocycles. The normalized spacial score (nSPS) is 12.5. The molecule has 3 N–H and O–H groups in total. The van der Waals surface area contributed by atoms with E-state index in [0.717, 1.165) is 5.01 Å². The number of nitrogens with zero attached hydrogens (tertiary/aromatic N) is 1. The monoisotopic (exact) mass is 257 g/mol. The highest BCUT2D eigenvalue weighted by molar-refractivity contribution is 7.80. The van der Waals surface area contributed by atoms with Crippen LogP contribution in [-0.4, -0.2) is 21.9 Å². The minimum atomic E-state index is -0.287. The third-order valence-electron chi connectivity index (χ3n) is 2.11. The number of thiazole rings is 1. The Morgan fingerprint density at radius 3 is 2.62 bits per heavy atom. The van der Waals surface area contributed by atoms with Crippen LogP contribution in [0, 0.1) is 12.8 Å². The molecule has 0 saturated carbocycles. The zero-order valence-corrected chi connectivity index (χ0v) is 11.1. The second-order valence-electron chi connectivity index (χ2n) is 3.85. The lowest BCUT2D eigenvalue weighted by Gasteiger charge is -2.20. The van der Waals surface area contributed by atoms with Crippen molar-refractivity contribution in [2.75, 3.05) is 0 Å². The van der Waals surface area contributed by atoms with Gasteiger partial charge in [0.2, 0.25) is 0 Å². The fourth-order valence-corrected chi connectivity index (χ4v) is 2.17. The number of aryl methyl sites for hydroxylation is 1. The van der Waals surface area contributed by atoms with Crippen LogP contribution in [0.3, 0.4) is 0 Å². The Balaban J connectivity index is 2.73. The first-order chi connectivity index (χ1) is 7.41. The third-order valence-corrected chi connectivity index (χ3v) is 3.14. The van der Waals surface area contributed by atoms with Gasteiger partial charge in [0.1, 0.15) is 5.69 Å². The minimum absolute atomic E-state index is 0.168. The average Bonchev–Trinajstić information content (AvgIpc) is 2.59. The van der Waals surface area contributed by atoms with Crippen molar-refractivity contribution in [2.45, 2.75) is 26.8 Å². The summed E-state index contributed by atoms with van der Waals surface area (Å²) in [5.74, 6) is -0.0583. The van der Waals surface area contributed by atoms with Crippen molar-refractivity contribution in [3.63, 3.8) is 0 Å². The summed E-state index contributed by atoms with van der Waals surface area (Å²) < 4.78 is 0. The van der Waals surface area contributed by atoms with Crippen LogP contribution in [0.25, 0.3) is 0 Å². The maximum atomic E-state index is 11.8. The zero-order valence-electron chi connectivity index (χ0n) is 9.48. The van der Waals surface area contributed by atoms with Gasteiger partial charge in [-0.15, -0.1) is 11.3 Å². The van der Waals surface area contributed by atoms with Gasteiger partial charge in [-0.2, -0.15) is 0 Å². The zero-order chi connectivity index (χ0) is 12.3. The van der Waals surface area contributed by atoms with Crippen molar-refractivity contribution in [3.8, 4) is 0 Å². The van der Waals surface area contributed by atoms with Gasteiger partial charge in [-0.3, -0.25) is 4.79 Å². The van der Waals surface area contributed by atoms with E-state index in [9.17, 15) is 4.79 Å². The fourth-order valence-electron chi connectivity index (χ4n) is 1.25. The number of carbonyl (C=O) groups excluding carboxylic acids is 1. The van der Waals surface area contributed by atoms with Gasteiger partial charge in [0.05, 0.1) is 16.0 Å². The molecule has 0 saturated heterocycles. The van der Waals surface area contributed by atoms with Crippen molar-refractivity contribution in [3.05, 3.63) is 16.1 Å². The molecular formula is C10H15N3OS2. The first-order valence-electron chi connectivity index (χ1n) is 4.94. The van der Waals surface area contributed by atoms with Crippen molar-refractivity contribution in [1.82, 2.24) is 10.3 Å². The van der Waals surface area contributed by atoms with E-state index in [0.29, 0.717) is 10.7 Å². The molecule has 6 heteroatoms. The van der Waals surface area contributed by atoms with Crippen LogP contribution in [0.15, 0.2) is 5.38 Å². The molecular weight excluding hydrogens is 242 g/mol. The summed E-state index contributed by atoms with van der Waals surface area (Å²) in [4.78, 5) is 16.2. The number of amides is 1. The molecule has 16 heavy (non-hydrogen) atoms. The maximum Gasteiger partial charge on any atom is 0.271 e. The molecule has 0 aromatic carbocycles. The van der Waals surface area contributed by atoms with Crippen LogP contribution in [0.5, 0.6) is 0 Å². The van der Waals surface area contributed by atoms with Crippen LogP contribution in [-0.2, 0) is 0 Å². The Kier molecular flexibility index (Phi) is 4.37. The lowest BCUT2D eigenvalue weighted by atomic mass is 10.0. The lowest BCUT2D eigenvalue weighted by molar-refractivity contribution is 0.0935. The van der Waals surface area contributed by atoms with Crippen molar-refractivity contribution in [2.24, 2.45) is 11.7 Å². The molecule has 0 spiro atoms. The van der Waals surface area contributed by atoms with E-state index in [4.69, 9.17) is 18.0 Å². The van der Waals surface area contributed by atoms with E-state index in [-0.39, 0.29) is 17.9 Å². The summed E-state index contributed by atoms with van der Waals surface area (Å²) in [5.41, 5.74) is 5.99. The highest BCUT2D eigenvalue weighted by Crippen LogP contribution is 2.09. The van der Waals surface area contributed by atoms with E-state index >= 15 is 0 Å². The van der Waals surface area contributed by atoms with Crippen LogP contribution in [0.2, 0.25) is 0 Å². The van der Waals surface area contributed by atoms with E-state index < -0.39 is 0 Å². The van der Waals surface area contributed by atoms with E-state index in [1.54, 1.807) is 5.38 Å². The lowest BCUT2D eigenvalue weighted by Crippen LogP contribution is -2.46. The summed E-state index contributed by atoms with van der Waals surface area (Å²) in [6, 6.07) is -0.287. The molecule has 0 fully saturated rings. The Morgan fingerprint density at radius 1 is 1.62 bits per heavy atom. The highest BCUT2D eigenvalue weighted by atomic mass is 32.1. The number of rotatable bonds is 4. The predicted molar refractivity (Wildman–Crippen MR) is 69.7 cm³/mol. The summed E-state index contributed by atoms with van der Waals surface area (Å²) in [6.07, 6.45) is 0. The van der Waals surface area contributed by atoms with Gasteiger partial charge in [0.25, 0.3) is 5.91 Å². The highest BCUT2D eigenvalue weighted by Gasteiger charge is 2.20. The van der Waals surface area contributed by atoms with Gasteiger partial charge in [-0.25, -0.2) is 4.98 Å². The quantitative estimate of drug-likeness (QED) is 0.802. The number of nitrogens with one attached hydrogen (secondary N) is 1. The van der Waals surface area contributed by atoms with E-state index in [1.165, 1.54) is 11.3 Å². The van der Waals surface area contributed by atoms with Crippen LogP contribution >= 0.6 is 23.6 Å². The fraction of sp³-hybridized carbons (Fsp3) is 0.500. The molecule has 0 aliphatic rings. The van der Waals surface area contributed by atoms with Gasteiger partial charge in [-0.05, 0) is 12.8 Å². The van der Waals surface area contributed by atoms with Crippen molar-refractivity contribution < 1.29 is 4.79 Å².